The van der Waals surface area contributed by atoms with E-state index in [-0.39, 0.29) is 24.0 Å². The number of fused-ring (bicyclic) bond motifs is 2. The van der Waals surface area contributed by atoms with Crippen molar-refractivity contribution in [1.29, 1.82) is 0 Å². The van der Waals surface area contributed by atoms with E-state index in [2.05, 4.69) is 17.6 Å². The fourth-order valence-electron chi connectivity index (χ4n) is 3.51. The van der Waals surface area contributed by atoms with E-state index in [0.717, 1.165) is 49.0 Å². The van der Waals surface area contributed by atoms with Gasteiger partial charge in [0.25, 0.3) is 0 Å². The van der Waals surface area contributed by atoms with Crippen molar-refractivity contribution in [1.82, 2.24) is 15.6 Å². The van der Waals surface area contributed by atoms with Crippen LogP contribution in [-0.2, 0) is 25.8 Å². The first-order chi connectivity index (χ1) is 13.8. The van der Waals surface area contributed by atoms with Gasteiger partial charge in [-0.1, -0.05) is 6.07 Å². The van der Waals surface area contributed by atoms with Gasteiger partial charge >= 0.3 is 0 Å². The molecular weight excluding hydrogens is 499 g/mol. The van der Waals surface area contributed by atoms with Crippen molar-refractivity contribution in [2.45, 2.75) is 52.0 Å². The van der Waals surface area contributed by atoms with Gasteiger partial charge in [0.05, 0.1) is 17.2 Å². The van der Waals surface area contributed by atoms with E-state index in [1.165, 1.54) is 41.3 Å². The number of nitrogens with one attached hydrogen (secondary N) is 2. The van der Waals surface area contributed by atoms with Crippen LogP contribution >= 0.6 is 35.3 Å². The summed E-state index contributed by atoms with van der Waals surface area (Å²) in [5.41, 5.74) is 2.47. The molecule has 0 atom stereocenters. The lowest BCUT2D eigenvalue weighted by Gasteiger charge is -2.11. The standard InChI is InChI=1S/C21H28N4O2S.HI/c1-2-22-21(24-13-15-9-10-17-18(12-15)27-14-26-17)23-11-5-8-20-25-16-6-3-4-7-19(16)28-20;/h9-10,12H,2-8,11,13-14H2,1H3,(H2,22,23,24);1H. The van der Waals surface area contributed by atoms with Crippen LogP contribution in [0, 0.1) is 0 Å². The van der Waals surface area contributed by atoms with Gasteiger partial charge in [-0.15, -0.1) is 35.3 Å². The number of aliphatic imine (C=N–C) groups is 1. The molecule has 2 aliphatic rings. The number of aryl methyl sites for hydroxylation is 3. The molecule has 158 valence electrons. The van der Waals surface area contributed by atoms with Gasteiger partial charge in [0.15, 0.2) is 17.5 Å². The molecule has 4 rings (SSSR count). The molecule has 0 spiro atoms. The molecule has 2 aromatic rings. The van der Waals surface area contributed by atoms with Crippen LogP contribution in [0.5, 0.6) is 11.5 Å². The number of nitrogens with zero attached hydrogens (tertiary/aromatic N) is 2. The minimum atomic E-state index is 0. The lowest BCUT2D eigenvalue weighted by atomic mass is 10.0. The van der Waals surface area contributed by atoms with E-state index in [0.29, 0.717) is 13.3 Å². The lowest BCUT2D eigenvalue weighted by Crippen LogP contribution is -2.37. The lowest BCUT2D eigenvalue weighted by molar-refractivity contribution is 0.174. The highest BCUT2D eigenvalue weighted by molar-refractivity contribution is 14.0. The zero-order valence-corrected chi connectivity index (χ0v) is 20.0. The minimum Gasteiger partial charge on any atom is -0.454 e. The Hall–Kier alpha value is -1.55. The predicted octanol–water partition coefficient (Wildman–Crippen LogP) is 4.06. The number of thiazole rings is 1. The Balaban J connectivity index is 0.00000240. The SMILES string of the molecule is CCNC(=NCc1ccc2c(c1)OCO2)NCCCc1nc2c(s1)CCCC2.I. The third-order valence-electron chi connectivity index (χ3n) is 4.95. The normalized spacial score (nSPS) is 14.9. The van der Waals surface area contributed by atoms with Crippen LogP contribution < -0.4 is 20.1 Å². The summed E-state index contributed by atoms with van der Waals surface area (Å²) in [6.45, 7) is 4.71. The van der Waals surface area contributed by atoms with Crippen molar-refractivity contribution >= 4 is 41.3 Å². The molecule has 2 N–H and O–H groups in total. The quantitative estimate of drug-likeness (QED) is 0.246. The number of aromatic nitrogens is 1. The molecule has 1 aromatic heterocycles. The molecule has 0 amide bonds. The third-order valence-corrected chi connectivity index (χ3v) is 6.17. The van der Waals surface area contributed by atoms with Crippen LogP contribution in [-0.4, -0.2) is 30.8 Å². The van der Waals surface area contributed by atoms with Gasteiger partial charge in [0.2, 0.25) is 6.79 Å². The molecule has 1 aromatic carbocycles. The van der Waals surface area contributed by atoms with Gasteiger partial charge < -0.3 is 20.1 Å². The number of guanidine groups is 1. The third kappa shape index (κ3) is 5.97. The zero-order valence-electron chi connectivity index (χ0n) is 16.8. The van der Waals surface area contributed by atoms with Crippen molar-refractivity contribution in [3.05, 3.63) is 39.3 Å². The second-order valence-electron chi connectivity index (χ2n) is 7.10. The molecule has 0 bridgehead atoms. The smallest absolute Gasteiger partial charge is 0.231 e. The van der Waals surface area contributed by atoms with Crippen molar-refractivity contribution in [3.63, 3.8) is 0 Å². The van der Waals surface area contributed by atoms with E-state index in [4.69, 9.17) is 19.5 Å². The van der Waals surface area contributed by atoms with Crippen LogP contribution in [0.2, 0.25) is 0 Å². The Kier molecular flexibility index (Phi) is 8.40. The maximum absolute atomic E-state index is 5.44. The van der Waals surface area contributed by atoms with E-state index < -0.39 is 0 Å². The van der Waals surface area contributed by atoms with E-state index >= 15 is 0 Å². The molecule has 0 fully saturated rings. The van der Waals surface area contributed by atoms with Crippen LogP contribution in [0.15, 0.2) is 23.2 Å². The molecule has 29 heavy (non-hydrogen) atoms. The Bertz CT molecular complexity index is 817. The van der Waals surface area contributed by atoms with Gasteiger partial charge in [0.1, 0.15) is 0 Å². The number of hydrogen-bond donors (Lipinski definition) is 2. The van der Waals surface area contributed by atoms with Crippen LogP contribution in [0.3, 0.4) is 0 Å². The van der Waals surface area contributed by atoms with Gasteiger partial charge in [-0.05, 0) is 56.7 Å². The molecule has 2 heterocycles. The maximum atomic E-state index is 5.44. The van der Waals surface area contributed by atoms with E-state index in [1.807, 2.05) is 29.5 Å². The summed E-state index contributed by atoms with van der Waals surface area (Å²) >= 11 is 1.91. The van der Waals surface area contributed by atoms with Gasteiger partial charge in [0, 0.05) is 24.4 Å². The van der Waals surface area contributed by atoms with Crippen molar-refractivity contribution in [2.24, 2.45) is 4.99 Å². The first kappa shape index (κ1) is 22.1. The Morgan fingerprint density at radius 1 is 1.17 bits per heavy atom. The summed E-state index contributed by atoms with van der Waals surface area (Å²) in [6, 6.07) is 5.98. The Labute approximate surface area is 193 Å². The molecule has 1 aliphatic heterocycles. The summed E-state index contributed by atoms with van der Waals surface area (Å²) in [7, 11) is 0. The topological polar surface area (TPSA) is 67.8 Å². The number of rotatable bonds is 7. The Morgan fingerprint density at radius 2 is 2.03 bits per heavy atom. The fourth-order valence-corrected chi connectivity index (χ4v) is 4.71. The monoisotopic (exact) mass is 528 g/mol. The highest BCUT2D eigenvalue weighted by atomic mass is 127. The molecule has 8 heteroatoms. The molecule has 0 radical (unpaired) electrons. The summed E-state index contributed by atoms with van der Waals surface area (Å²) in [6.07, 6.45) is 7.10. The predicted molar refractivity (Wildman–Crippen MR) is 128 cm³/mol. The summed E-state index contributed by atoms with van der Waals surface area (Å²) in [4.78, 5) is 11.0. The van der Waals surface area contributed by atoms with E-state index in [9.17, 15) is 0 Å². The van der Waals surface area contributed by atoms with Gasteiger partial charge in [-0.25, -0.2) is 9.98 Å². The summed E-state index contributed by atoms with van der Waals surface area (Å²) in [5, 5.41) is 8.04. The van der Waals surface area contributed by atoms with Crippen LogP contribution in [0.25, 0.3) is 0 Å². The Morgan fingerprint density at radius 3 is 2.90 bits per heavy atom. The van der Waals surface area contributed by atoms with Crippen LogP contribution in [0.4, 0.5) is 0 Å². The molecule has 0 unspecified atom stereocenters. The zero-order chi connectivity index (χ0) is 19.2. The van der Waals surface area contributed by atoms with E-state index in [1.54, 1.807) is 0 Å². The number of hydrogen-bond acceptors (Lipinski definition) is 5. The fraction of sp³-hybridized carbons (Fsp3) is 0.524. The minimum absolute atomic E-state index is 0. The number of ether oxygens (including phenoxy) is 2. The highest BCUT2D eigenvalue weighted by Crippen LogP contribution is 2.32. The molecular formula is C21H29IN4O2S. The van der Waals surface area contributed by atoms with Gasteiger partial charge in [-0.2, -0.15) is 0 Å². The summed E-state index contributed by atoms with van der Waals surface area (Å²) in [5.74, 6) is 2.46. The second kappa shape index (κ2) is 11.0. The summed E-state index contributed by atoms with van der Waals surface area (Å²) < 4.78 is 10.8. The molecule has 6 nitrogen and oxygen atoms in total. The highest BCUT2D eigenvalue weighted by Gasteiger charge is 2.15. The second-order valence-corrected chi connectivity index (χ2v) is 8.27. The van der Waals surface area contributed by atoms with Crippen molar-refractivity contribution in [2.75, 3.05) is 19.9 Å². The number of halogens is 1. The average molecular weight is 528 g/mol. The first-order valence-corrected chi connectivity index (χ1v) is 11.0. The van der Waals surface area contributed by atoms with Crippen LogP contribution in [0.1, 0.15) is 47.3 Å². The average Bonchev–Trinajstić information content (AvgIpc) is 3.34. The van der Waals surface area contributed by atoms with Gasteiger partial charge in [-0.3, -0.25) is 0 Å². The van der Waals surface area contributed by atoms with Crippen molar-refractivity contribution in [3.8, 4) is 11.5 Å². The number of benzene rings is 1. The first-order valence-electron chi connectivity index (χ1n) is 10.2. The maximum Gasteiger partial charge on any atom is 0.231 e. The molecule has 0 saturated carbocycles. The molecule has 0 saturated heterocycles. The van der Waals surface area contributed by atoms with Crippen molar-refractivity contribution < 1.29 is 9.47 Å². The molecule has 1 aliphatic carbocycles. The largest absolute Gasteiger partial charge is 0.454 e.